The summed E-state index contributed by atoms with van der Waals surface area (Å²) < 4.78 is 29.0. The van der Waals surface area contributed by atoms with Crippen LogP contribution in [0.5, 0.6) is 5.75 Å². The van der Waals surface area contributed by atoms with Crippen molar-refractivity contribution in [2.45, 2.75) is 13.2 Å². The fourth-order valence-corrected chi connectivity index (χ4v) is 1.57. The van der Waals surface area contributed by atoms with Crippen LogP contribution in [0.4, 0.5) is 8.78 Å². The monoisotopic (exact) mass is 239 g/mol. The number of aromatic nitrogens is 2. The van der Waals surface area contributed by atoms with Crippen molar-refractivity contribution in [1.82, 2.24) is 10.2 Å². The number of aromatic amines is 1. The van der Waals surface area contributed by atoms with Gasteiger partial charge in [0.25, 0.3) is 0 Å². The van der Waals surface area contributed by atoms with Gasteiger partial charge in [0.05, 0.1) is 11.9 Å². The van der Waals surface area contributed by atoms with Gasteiger partial charge in [0.15, 0.2) is 0 Å². The Hall–Kier alpha value is -1.95. The van der Waals surface area contributed by atoms with Crippen LogP contribution in [0.1, 0.15) is 5.56 Å². The lowest BCUT2D eigenvalue weighted by molar-refractivity contribution is -0.0494. The predicted molar refractivity (Wildman–Crippen MR) is 58.5 cm³/mol. The number of alkyl halides is 2. The van der Waals surface area contributed by atoms with Crippen LogP contribution in [-0.4, -0.2) is 16.8 Å². The maximum Gasteiger partial charge on any atom is 0.387 e. The zero-order valence-electron chi connectivity index (χ0n) is 8.86. The molecule has 0 amide bonds. The summed E-state index contributed by atoms with van der Waals surface area (Å²) in [5.41, 5.74) is 7.40. The predicted octanol–water partition coefficient (Wildman–Crippen LogP) is 2.14. The minimum atomic E-state index is -2.86. The van der Waals surface area contributed by atoms with Gasteiger partial charge in [0.1, 0.15) is 5.75 Å². The lowest BCUT2D eigenvalue weighted by Gasteiger charge is -2.10. The molecule has 0 unspecified atom stereocenters. The van der Waals surface area contributed by atoms with Crippen LogP contribution in [0.25, 0.3) is 11.3 Å². The second kappa shape index (κ2) is 4.92. The Labute approximate surface area is 96.4 Å². The summed E-state index contributed by atoms with van der Waals surface area (Å²) in [5, 5.41) is 6.57. The summed E-state index contributed by atoms with van der Waals surface area (Å²) in [5.74, 6) is 0.0986. The van der Waals surface area contributed by atoms with Crippen LogP contribution in [0.3, 0.4) is 0 Å². The third-order valence-corrected chi connectivity index (χ3v) is 2.31. The third kappa shape index (κ3) is 2.42. The number of benzene rings is 1. The smallest absolute Gasteiger partial charge is 0.387 e. The quantitative estimate of drug-likeness (QED) is 0.859. The number of para-hydroxylation sites is 1. The highest BCUT2D eigenvalue weighted by atomic mass is 19.3. The minimum absolute atomic E-state index is 0.0986. The molecule has 0 atom stereocenters. The van der Waals surface area contributed by atoms with E-state index in [-0.39, 0.29) is 12.3 Å². The van der Waals surface area contributed by atoms with E-state index in [1.165, 1.54) is 6.07 Å². The van der Waals surface area contributed by atoms with Gasteiger partial charge in [0, 0.05) is 17.7 Å². The molecule has 0 radical (unpaired) electrons. The van der Waals surface area contributed by atoms with Crippen molar-refractivity contribution in [2.24, 2.45) is 5.73 Å². The molecule has 0 aliphatic rings. The molecule has 3 N–H and O–H groups in total. The first kappa shape index (κ1) is 11.5. The average Bonchev–Trinajstić information content (AvgIpc) is 2.77. The standard InChI is InChI=1S/C11H11F2N3O/c12-11(13)17-9-4-2-1-3-8(9)10-7(5-14)6-15-16-10/h1-4,6,11H,5,14H2,(H,15,16). The fourth-order valence-electron chi connectivity index (χ4n) is 1.57. The Morgan fingerprint density at radius 3 is 2.82 bits per heavy atom. The van der Waals surface area contributed by atoms with Crippen LogP contribution in [0.15, 0.2) is 30.5 Å². The zero-order chi connectivity index (χ0) is 12.3. The topological polar surface area (TPSA) is 63.9 Å². The first-order chi connectivity index (χ1) is 8.22. The third-order valence-electron chi connectivity index (χ3n) is 2.31. The van der Waals surface area contributed by atoms with Gasteiger partial charge < -0.3 is 10.5 Å². The fraction of sp³-hybridized carbons (Fsp3) is 0.182. The number of hydrogen-bond donors (Lipinski definition) is 2. The molecule has 4 nitrogen and oxygen atoms in total. The van der Waals surface area contributed by atoms with Gasteiger partial charge in [-0.05, 0) is 12.1 Å². The molecule has 90 valence electrons. The second-order valence-electron chi connectivity index (χ2n) is 3.35. The summed E-state index contributed by atoms with van der Waals surface area (Å²) in [6, 6.07) is 6.50. The van der Waals surface area contributed by atoms with Gasteiger partial charge in [0.2, 0.25) is 0 Å². The van der Waals surface area contributed by atoms with E-state index in [1.54, 1.807) is 24.4 Å². The molecule has 0 saturated carbocycles. The molecular weight excluding hydrogens is 228 g/mol. The summed E-state index contributed by atoms with van der Waals surface area (Å²) >= 11 is 0. The number of nitrogens with zero attached hydrogens (tertiary/aromatic N) is 1. The van der Waals surface area contributed by atoms with E-state index in [1.807, 2.05) is 0 Å². The van der Waals surface area contributed by atoms with Crippen molar-refractivity contribution >= 4 is 0 Å². The molecule has 0 spiro atoms. The number of hydrogen-bond acceptors (Lipinski definition) is 3. The van der Waals surface area contributed by atoms with Gasteiger partial charge >= 0.3 is 6.61 Å². The molecule has 2 aromatic rings. The number of H-pyrrole nitrogens is 1. The van der Waals surface area contributed by atoms with E-state index in [0.717, 1.165) is 5.56 Å². The first-order valence-corrected chi connectivity index (χ1v) is 4.99. The molecular formula is C11H11F2N3O. The van der Waals surface area contributed by atoms with Crippen molar-refractivity contribution < 1.29 is 13.5 Å². The van der Waals surface area contributed by atoms with Crippen LogP contribution in [-0.2, 0) is 6.54 Å². The minimum Gasteiger partial charge on any atom is -0.434 e. The Balaban J connectivity index is 2.44. The molecule has 2 rings (SSSR count). The van der Waals surface area contributed by atoms with Gasteiger partial charge in [-0.15, -0.1) is 0 Å². The number of nitrogens with one attached hydrogen (secondary N) is 1. The van der Waals surface area contributed by atoms with Crippen LogP contribution >= 0.6 is 0 Å². The maximum atomic E-state index is 12.3. The Morgan fingerprint density at radius 2 is 2.12 bits per heavy atom. The van der Waals surface area contributed by atoms with E-state index in [2.05, 4.69) is 14.9 Å². The zero-order valence-corrected chi connectivity index (χ0v) is 8.86. The largest absolute Gasteiger partial charge is 0.434 e. The Morgan fingerprint density at radius 1 is 1.35 bits per heavy atom. The van der Waals surface area contributed by atoms with E-state index >= 15 is 0 Å². The highest BCUT2D eigenvalue weighted by molar-refractivity contribution is 5.69. The molecule has 1 aromatic heterocycles. The van der Waals surface area contributed by atoms with Crippen LogP contribution in [0, 0.1) is 0 Å². The molecule has 0 bridgehead atoms. The van der Waals surface area contributed by atoms with Crippen molar-refractivity contribution in [3.8, 4) is 17.0 Å². The summed E-state index contributed by atoms with van der Waals surface area (Å²) in [4.78, 5) is 0. The van der Waals surface area contributed by atoms with Gasteiger partial charge in [-0.2, -0.15) is 13.9 Å². The molecule has 6 heteroatoms. The lowest BCUT2D eigenvalue weighted by Crippen LogP contribution is -2.04. The Kier molecular flexibility index (Phi) is 3.34. The Bertz CT molecular complexity index is 499. The SMILES string of the molecule is NCc1cn[nH]c1-c1ccccc1OC(F)F. The molecule has 0 aliphatic carbocycles. The molecule has 0 fully saturated rings. The lowest BCUT2D eigenvalue weighted by atomic mass is 10.1. The molecule has 0 aliphatic heterocycles. The van der Waals surface area contributed by atoms with Crippen molar-refractivity contribution in [3.05, 3.63) is 36.0 Å². The van der Waals surface area contributed by atoms with E-state index in [9.17, 15) is 8.78 Å². The van der Waals surface area contributed by atoms with E-state index in [4.69, 9.17) is 5.73 Å². The van der Waals surface area contributed by atoms with Crippen LogP contribution in [0.2, 0.25) is 0 Å². The number of nitrogens with two attached hydrogens (primary N) is 1. The van der Waals surface area contributed by atoms with Gasteiger partial charge in [-0.3, -0.25) is 5.10 Å². The highest BCUT2D eigenvalue weighted by Crippen LogP contribution is 2.31. The van der Waals surface area contributed by atoms with E-state index in [0.29, 0.717) is 11.3 Å². The molecule has 1 aromatic carbocycles. The van der Waals surface area contributed by atoms with Crippen molar-refractivity contribution in [2.75, 3.05) is 0 Å². The number of ether oxygens (including phenoxy) is 1. The molecule has 17 heavy (non-hydrogen) atoms. The summed E-state index contributed by atoms with van der Waals surface area (Å²) in [6.07, 6.45) is 1.56. The summed E-state index contributed by atoms with van der Waals surface area (Å²) in [6.45, 7) is -2.59. The second-order valence-corrected chi connectivity index (χ2v) is 3.35. The average molecular weight is 239 g/mol. The van der Waals surface area contributed by atoms with Crippen molar-refractivity contribution in [1.29, 1.82) is 0 Å². The molecule has 1 heterocycles. The first-order valence-electron chi connectivity index (χ1n) is 4.99. The summed E-state index contributed by atoms with van der Waals surface area (Å²) in [7, 11) is 0. The van der Waals surface area contributed by atoms with Gasteiger partial charge in [-0.1, -0.05) is 12.1 Å². The number of halogens is 2. The maximum absolute atomic E-state index is 12.3. The number of rotatable bonds is 4. The van der Waals surface area contributed by atoms with E-state index < -0.39 is 6.61 Å². The van der Waals surface area contributed by atoms with Crippen LogP contribution < -0.4 is 10.5 Å². The highest BCUT2D eigenvalue weighted by Gasteiger charge is 2.14. The molecule has 0 saturated heterocycles. The van der Waals surface area contributed by atoms with Crippen molar-refractivity contribution in [3.63, 3.8) is 0 Å². The van der Waals surface area contributed by atoms with Gasteiger partial charge in [-0.25, -0.2) is 0 Å². The normalized spacial score (nSPS) is 10.8.